The maximum atomic E-state index is 14.7. The number of aromatic amines is 1. The van der Waals surface area contributed by atoms with Gasteiger partial charge in [0.15, 0.2) is 5.69 Å². The van der Waals surface area contributed by atoms with E-state index in [1.807, 2.05) is 0 Å². The van der Waals surface area contributed by atoms with Crippen LogP contribution in [0.15, 0.2) is 42.7 Å². The summed E-state index contributed by atoms with van der Waals surface area (Å²) in [7, 11) is 0. The number of hydrogen-bond acceptors (Lipinski definition) is 6. The molecule has 0 fully saturated rings. The Morgan fingerprint density at radius 3 is 2.52 bits per heavy atom. The minimum Gasteiger partial charge on any atom is -0.383 e. The van der Waals surface area contributed by atoms with Crippen molar-refractivity contribution in [3.8, 4) is 11.1 Å². The molecule has 4 rings (SSSR count). The van der Waals surface area contributed by atoms with E-state index < -0.39 is 35.0 Å². The molecule has 3 heterocycles. The van der Waals surface area contributed by atoms with Crippen molar-refractivity contribution in [1.82, 2.24) is 19.9 Å². The highest BCUT2D eigenvalue weighted by molar-refractivity contribution is 5.91. The number of anilines is 4. The lowest BCUT2D eigenvalue weighted by atomic mass is 10.0. The maximum absolute atomic E-state index is 14.7. The first-order valence-corrected chi connectivity index (χ1v) is 8.23. The Morgan fingerprint density at radius 1 is 1.00 bits per heavy atom. The van der Waals surface area contributed by atoms with Gasteiger partial charge in [0, 0.05) is 17.8 Å². The van der Waals surface area contributed by atoms with Crippen LogP contribution in [-0.2, 0) is 6.18 Å². The van der Waals surface area contributed by atoms with Crippen LogP contribution < -0.4 is 16.8 Å². The zero-order chi connectivity index (χ0) is 20.8. The first-order chi connectivity index (χ1) is 13.7. The molecule has 0 spiro atoms. The first kappa shape index (κ1) is 18.5. The summed E-state index contributed by atoms with van der Waals surface area (Å²) in [6, 6.07) is 6.94. The van der Waals surface area contributed by atoms with E-state index in [0.29, 0.717) is 11.3 Å². The largest absolute Gasteiger partial charge is 0.434 e. The predicted molar refractivity (Wildman–Crippen MR) is 101 cm³/mol. The minimum absolute atomic E-state index is 0.0611. The van der Waals surface area contributed by atoms with Crippen molar-refractivity contribution in [1.29, 1.82) is 0 Å². The molecule has 0 saturated carbocycles. The summed E-state index contributed by atoms with van der Waals surface area (Å²) >= 11 is 0. The molecule has 0 unspecified atom stereocenters. The van der Waals surface area contributed by atoms with Gasteiger partial charge in [-0.05, 0) is 29.8 Å². The number of hydrogen-bond donors (Lipinski definition) is 4. The highest BCUT2D eigenvalue weighted by atomic mass is 19.4. The molecule has 0 atom stereocenters. The summed E-state index contributed by atoms with van der Waals surface area (Å²) in [6.45, 7) is 0. The third kappa shape index (κ3) is 3.37. The van der Waals surface area contributed by atoms with Gasteiger partial charge in [-0.25, -0.2) is 14.4 Å². The van der Waals surface area contributed by atoms with Crippen LogP contribution in [0, 0.1) is 5.82 Å². The second kappa shape index (κ2) is 6.62. The molecular weight excluding hydrogens is 390 g/mol. The van der Waals surface area contributed by atoms with Crippen LogP contribution in [0.3, 0.4) is 0 Å². The lowest BCUT2D eigenvalue weighted by molar-refractivity contribution is -0.140. The summed E-state index contributed by atoms with van der Waals surface area (Å²) in [5, 5.41) is 3.64. The number of nitrogen functional groups attached to an aromatic ring is 2. The van der Waals surface area contributed by atoms with Gasteiger partial charge in [0.2, 0.25) is 5.95 Å². The SMILES string of the molecule is Nc1nc(N)c(-c2ccc(Nc3ccnc4[nH]ccc34)c(F)c2)c(C(F)(F)F)n1. The quantitative estimate of drug-likeness (QED) is 0.383. The van der Waals surface area contributed by atoms with E-state index in [1.165, 1.54) is 18.3 Å². The number of nitrogens with one attached hydrogen (secondary N) is 2. The van der Waals surface area contributed by atoms with Crippen molar-refractivity contribution in [3.05, 3.63) is 54.2 Å². The molecule has 7 nitrogen and oxygen atoms in total. The van der Waals surface area contributed by atoms with Gasteiger partial charge < -0.3 is 21.8 Å². The Balaban J connectivity index is 1.76. The molecular formula is C18H13F4N7. The first-order valence-electron chi connectivity index (χ1n) is 8.23. The van der Waals surface area contributed by atoms with Crippen molar-refractivity contribution in [2.24, 2.45) is 0 Å². The molecule has 3 aromatic heterocycles. The summed E-state index contributed by atoms with van der Waals surface area (Å²) in [4.78, 5) is 13.9. The fourth-order valence-corrected chi connectivity index (χ4v) is 2.97. The van der Waals surface area contributed by atoms with E-state index in [9.17, 15) is 17.6 Å². The van der Waals surface area contributed by atoms with E-state index in [0.717, 1.165) is 11.5 Å². The average molecular weight is 403 g/mol. The Kier molecular flexibility index (Phi) is 4.22. The molecule has 29 heavy (non-hydrogen) atoms. The highest BCUT2D eigenvalue weighted by Crippen LogP contribution is 2.39. The molecule has 11 heteroatoms. The molecule has 4 aromatic rings. The van der Waals surface area contributed by atoms with Gasteiger partial charge in [0.05, 0.1) is 16.9 Å². The van der Waals surface area contributed by atoms with Crippen LogP contribution in [-0.4, -0.2) is 19.9 Å². The van der Waals surface area contributed by atoms with Crippen molar-refractivity contribution in [2.75, 3.05) is 16.8 Å². The summed E-state index contributed by atoms with van der Waals surface area (Å²) in [5.74, 6) is -1.90. The Morgan fingerprint density at radius 2 is 1.79 bits per heavy atom. The summed E-state index contributed by atoms with van der Waals surface area (Å²) in [6.07, 6.45) is -1.62. The van der Waals surface area contributed by atoms with Crippen LogP contribution in [0.2, 0.25) is 0 Å². The lowest BCUT2D eigenvalue weighted by Gasteiger charge is -2.15. The number of halogens is 4. The van der Waals surface area contributed by atoms with Gasteiger partial charge in [0.1, 0.15) is 17.3 Å². The van der Waals surface area contributed by atoms with Crippen molar-refractivity contribution in [2.45, 2.75) is 6.18 Å². The molecule has 0 bridgehead atoms. The Bertz CT molecular complexity index is 1220. The van der Waals surface area contributed by atoms with Crippen molar-refractivity contribution >= 4 is 34.2 Å². The maximum Gasteiger partial charge on any atom is 0.434 e. The predicted octanol–water partition coefficient (Wildman–Crippen LogP) is 4.09. The number of nitrogens with two attached hydrogens (primary N) is 2. The molecule has 148 valence electrons. The molecule has 0 aliphatic carbocycles. The Labute approximate surface area is 160 Å². The monoisotopic (exact) mass is 403 g/mol. The molecule has 0 aliphatic heterocycles. The zero-order valence-electron chi connectivity index (χ0n) is 14.5. The second-order valence-electron chi connectivity index (χ2n) is 6.11. The number of fused-ring (bicyclic) bond motifs is 1. The smallest absolute Gasteiger partial charge is 0.383 e. The third-order valence-electron chi connectivity index (χ3n) is 4.21. The van der Waals surface area contributed by atoms with Gasteiger partial charge >= 0.3 is 6.18 Å². The standard InChI is InChI=1S/C18H13F4N7/c19-10-7-8(13-14(18(20,21)22)28-17(24)29-15(13)23)1-2-12(10)27-11-4-6-26-16-9(11)3-5-25-16/h1-7H,(H2,25,26,27)(H4,23,24,28,29). The number of rotatable bonds is 3. The van der Waals surface area contributed by atoms with Crippen molar-refractivity contribution < 1.29 is 17.6 Å². The fraction of sp³-hybridized carbons (Fsp3) is 0.0556. The summed E-state index contributed by atoms with van der Waals surface area (Å²) < 4.78 is 54.8. The molecule has 0 radical (unpaired) electrons. The van der Waals surface area contributed by atoms with Crippen LogP contribution in [0.5, 0.6) is 0 Å². The van der Waals surface area contributed by atoms with Gasteiger partial charge in [0.25, 0.3) is 0 Å². The number of alkyl halides is 3. The number of benzene rings is 1. The number of aromatic nitrogens is 4. The molecule has 0 saturated heterocycles. The van der Waals surface area contributed by atoms with Crippen molar-refractivity contribution in [3.63, 3.8) is 0 Å². The van der Waals surface area contributed by atoms with E-state index >= 15 is 0 Å². The Hall–Kier alpha value is -3.89. The van der Waals surface area contributed by atoms with Crippen LogP contribution in [0.1, 0.15) is 5.69 Å². The van der Waals surface area contributed by atoms with E-state index in [4.69, 9.17) is 11.5 Å². The van der Waals surface area contributed by atoms with E-state index in [-0.39, 0.29) is 11.3 Å². The van der Waals surface area contributed by atoms with Gasteiger partial charge in [-0.3, -0.25) is 0 Å². The summed E-state index contributed by atoms with van der Waals surface area (Å²) in [5.41, 5.74) is 10.2. The lowest BCUT2D eigenvalue weighted by Crippen LogP contribution is -2.15. The van der Waals surface area contributed by atoms with E-state index in [1.54, 1.807) is 18.3 Å². The minimum atomic E-state index is -4.84. The third-order valence-corrected chi connectivity index (χ3v) is 4.21. The van der Waals surface area contributed by atoms with Gasteiger partial charge in [-0.2, -0.15) is 18.2 Å². The van der Waals surface area contributed by atoms with Gasteiger partial charge in [-0.1, -0.05) is 6.07 Å². The normalized spacial score (nSPS) is 11.7. The van der Waals surface area contributed by atoms with Crippen LogP contribution in [0.4, 0.5) is 40.7 Å². The average Bonchev–Trinajstić information content (AvgIpc) is 3.12. The molecule has 0 amide bonds. The van der Waals surface area contributed by atoms with E-state index in [2.05, 4.69) is 25.3 Å². The zero-order valence-corrected chi connectivity index (χ0v) is 14.5. The number of pyridine rings is 1. The number of nitrogens with zero attached hydrogens (tertiary/aromatic N) is 3. The second-order valence-corrected chi connectivity index (χ2v) is 6.11. The van der Waals surface area contributed by atoms with Crippen LogP contribution >= 0.6 is 0 Å². The topological polar surface area (TPSA) is 119 Å². The highest BCUT2D eigenvalue weighted by Gasteiger charge is 2.37. The van der Waals surface area contributed by atoms with Gasteiger partial charge in [-0.15, -0.1) is 0 Å². The molecule has 1 aromatic carbocycles. The molecule has 6 N–H and O–H groups in total. The van der Waals surface area contributed by atoms with Crippen LogP contribution in [0.25, 0.3) is 22.2 Å². The fourth-order valence-electron chi connectivity index (χ4n) is 2.97. The number of H-pyrrole nitrogens is 1. The molecule has 0 aliphatic rings.